The fourth-order valence-corrected chi connectivity index (χ4v) is 2.50. The molecule has 2 amide bonds. The average molecular weight is 298 g/mol. The molecule has 0 aliphatic heterocycles. The Morgan fingerprint density at radius 2 is 2.05 bits per heavy atom. The topological polar surface area (TPSA) is 75.7 Å². The van der Waals surface area contributed by atoms with Gasteiger partial charge in [-0.25, -0.2) is 0 Å². The fourth-order valence-electron chi connectivity index (χ4n) is 1.58. The van der Waals surface area contributed by atoms with Crippen LogP contribution < -0.4 is 5.32 Å². The molecule has 0 saturated heterocycles. The van der Waals surface area contributed by atoms with Gasteiger partial charge in [-0.05, 0) is 19.1 Å². The van der Waals surface area contributed by atoms with Crippen LogP contribution in [-0.4, -0.2) is 42.9 Å². The van der Waals surface area contributed by atoms with Crippen molar-refractivity contribution in [1.82, 2.24) is 4.90 Å². The molecule has 1 aromatic rings. The van der Waals surface area contributed by atoms with Gasteiger partial charge in [0.05, 0.1) is 23.4 Å². The average Bonchev–Trinajstić information content (AvgIpc) is 2.86. The van der Waals surface area contributed by atoms with E-state index >= 15 is 0 Å². The van der Waals surface area contributed by atoms with Crippen LogP contribution in [0.4, 0.5) is 5.00 Å². The molecule has 0 bridgehead atoms. The minimum atomic E-state index is -0.346. The highest BCUT2D eigenvalue weighted by Crippen LogP contribution is 2.23. The number of hydrogen-bond acceptors (Lipinski definition) is 5. The third-order valence-electron chi connectivity index (χ3n) is 2.60. The highest BCUT2D eigenvalue weighted by Gasteiger charge is 2.17. The summed E-state index contributed by atoms with van der Waals surface area (Å²) in [4.78, 5) is 36.4. The zero-order valence-corrected chi connectivity index (χ0v) is 12.6. The number of nitrogens with zero attached hydrogens (tertiary/aromatic N) is 1. The van der Waals surface area contributed by atoms with Gasteiger partial charge in [-0.15, -0.1) is 11.3 Å². The molecule has 1 N–H and O–H groups in total. The first-order valence-corrected chi connectivity index (χ1v) is 7.03. The number of nitrogens with one attached hydrogen (secondary N) is 1. The van der Waals surface area contributed by atoms with E-state index in [2.05, 4.69) is 10.1 Å². The molecule has 6 nitrogen and oxygen atoms in total. The van der Waals surface area contributed by atoms with Gasteiger partial charge in [0.15, 0.2) is 0 Å². The summed E-state index contributed by atoms with van der Waals surface area (Å²) in [6, 6.07) is 3.35. The maximum absolute atomic E-state index is 12.2. The molecule has 1 heterocycles. The first-order valence-electron chi connectivity index (χ1n) is 6.21. The SMILES string of the molecule is CCN(CCC(=O)OC)C(=O)c1ccc(NC(C)=O)s1. The van der Waals surface area contributed by atoms with Crippen molar-refractivity contribution in [2.45, 2.75) is 20.3 Å². The van der Waals surface area contributed by atoms with Gasteiger partial charge in [0.1, 0.15) is 0 Å². The van der Waals surface area contributed by atoms with Crippen LogP contribution in [0.1, 0.15) is 29.9 Å². The lowest BCUT2D eigenvalue weighted by molar-refractivity contribution is -0.140. The molecule has 1 rings (SSSR count). The van der Waals surface area contributed by atoms with Gasteiger partial charge < -0.3 is 15.0 Å². The van der Waals surface area contributed by atoms with Gasteiger partial charge in [0.25, 0.3) is 5.91 Å². The maximum Gasteiger partial charge on any atom is 0.307 e. The Morgan fingerprint density at radius 1 is 1.35 bits per heavy atom. The molecule has 7 heteroatoms. The van der Waals surface area contributed by atoms with E-state index in [1.54, 1.807) is 17.0 Å². The summed E-state index contributed by atoms with van der Waals surface area (Å²) in [5.41, 5.74) is 0. The lowest BCUT2D eigenvalue weighted by atomic mass is 10.3. The second kappa shape index (κ2) is 7.64. The van der Waals surface area contributed by atoms with Crippen LogP contribution in [0.2, 0.25) is 0 Å². The van der Waals surface area contributed by atoms with Gasteiger partial charge in [-0.2, -0.15) is 0 Å². The van der Waals surface area contributed by atoms with Crippen LogP contribution >= 0.6 is 11.3 Å². The number of amides is 2. The summed E-state index contributed by atoms with van der Waals surface area (Å²) in [5.74, 6) is -0.678. The Hall–Kier alpha value is -1.89. The molecule has 0 radical (unpaired) electrons. The van der Waals surface area contributed by atoms with Crippen LogP contribution in [0.5, 0.6) is 0 Å². The van der Waals surface area contributed by atoms with Crippen LogP contribution in [0.15, 0.2) is 12.1 Å². The zero-order valence-electron chi connectivity index (χ0n) is 11.8. The molecule has 20 heavy (non-hydrogen) atoms. The molecular formula is C13H18N2O4S. The largest absolute Gasteiger partial charge is 0.469 e. The number of anilines is 1. The molecule has 110 valence electrons. The van der Waals surface area contributed by atoms with Gasteiger partial charge in [0, 0.05) is 20.0 Å². The van der Waals surface area contributed by atoms with E-state index in [9.17, 15) is 14.4 Å². The first kappa shape index (κ1) is 16.2. The first-order chi connectivity index (χ1) is 9.47. The normalized spacial score (nSPS) is 9.95. The third-order valence-corrected chi connectivity index (χ3v) is 3.59. The number of ether oxygens (including phenoxy) is 1. The quantitative estimate of drug-likeness (QED) is 0.812. The van der Waals surface area contributed by atoms with Crippen molar-refractivity contribution < 1.29 is 19.1 Å². The van der Waals surface area contributed by atoms with Crippen molar-refractivity contribution in [3.63, 3.8) is 0 Å². The number of hydrogen-bond donors (Lipinski definition) is 1. The molecule has 0 aliphatic rings. The van der Waals surface area contributed by atoms with Gasteiger partial charge in [-0.3, -0.25) is 14.4 Å². The van der Waals surface area contributed by atoms with Crippen molar-refractivity contribution in [3.8, 4) is 0 Å². The molecule has 0 aromatic carbocycles. The van der Waals surface area contributed by atoms with Crippen LogP contribution in [0, 0.1) is 0 Å². The van der Waals surface area contributed by atoms with E-state index in [4.69, 9.17) is 0 Å². The van der Waals surface area contributed by atoms with Crippen molar-refractivity contribution in [1.29, 1.82) is 0 Å². The second-order valence-corrected chi connectivity index (χ2v) is 5.14. The Bertz CT molecular complexity index is 498. The molecule has 0 fully saturated rings. The summed E-state index contributed by atoms with van der Waals surface area (Å²) >= 11 is 1.21. The molecule has 1 aromatic heterocycles. The van der Waals surface area contributed by atoms with Crippen LogP contribution in [0.3, 0.4) is 0 Å². The number of thiophene rings is 1. The van der Waals surface area contributed by atoms with E-state index in [1.807, 2.05) is 6.92 Å². The molecule has 0 spiro atoms. The van der Waals surface area contributed by atoms with Crippen LogP contribution in [-0.2, 0) is 14.3 Å². The predicted molar refractivity (Wildman–Crippen MR) is 76.8 cm³/mol. The number of rotatable bonds is 6. The number of carbonyl (C=O) groups is 3. The smallest absolute Gasteiger partial charge is 0.307 e. The summed E-state index contributed by atoms with van der Waals surface area (Å²) in [5, 5.41) is 3.26. The predicted octanol–water partition coefficient (Wildman–Crippen LogP) is 1.73. The number of methoxy groups -OCH3 is 1. The van der Waals surface area contributed by atoms with E-state index in [0.29, 0.717) is 23.0 Å². The van der Waals surface area contributed by atoms with Gasteiger partial charge in [0.2, 0.25) is 5.91 Å². The highest BCUT2D eigenvalue weighted by atomic mass is 32.1. The summed E-state index contributed by atoms with van der Waals surface area (Å²) in [6.07, 6.45) is 0.167. The number of carbonyl (C=O) groups excluding carboxylic acids is 3. The molecule has 0 aliphatic carbocycles. The lowest BCUT2D eigenvalue weighted by Gasteiger charge is -2.19. The molecule has 0 unspecified atom stereocenters. The highest BCUT2D eigenvalue weighted by molar-refractivity contribution is 7.18. The number of esters is 1. The molecule has 0 atom stereocenters. The fraction of sp³-hybridized carbons (Fsp3) is 0.462. The summed E-state index contributed by atoms with van der Waals surface area (Å²) in [7, 11) is 1.32. The molecular weight excluding hydrogens is 280 g/mol. The van der Waals surface area contributed by atoms with E-state index in [-0.39, 0.29) is 24.2 Å². The van der Waals surface area contributed by atoms with E-state index in [1.165, 1.54) is 25.4 Å². The van der Waals surface area contributed by atoms with Crippen LogP contribution in [0.25, 0.3) is 0 Å². The maximum atomic E-state index is 12.2. The van der Waals surface area contributed by atoms with Crippen molar-refractivity contribution in [3.05, 3.63) is 17.0 Å². The zero-order chi connectivity index (χ0) is 15.1. The minimum Gasteiger partial charge on any atom is -0.469 e. The van der Waals surface area contributed by atoms with Crippen molar-refractivity contribution >= 4 is 34.1 Å². The van der Waals surface area contributed by atoms with Gasteiger partial charge >= 0.3 is 5.97 Å². The standard InChI is InChI=1S/C13H18N2O4S/c1-4-15(8-7-12(17)19-3)13(18)10-5-6-11(20-10)14-9(2)16/h5-6H,4,7-8H2,1-3H3,(H,14,16). The van der Waals surface area contributed by atoms with Gasteiger partial charge in [-0.1, -0.05) is 0 Å². The minimum absolute atomic E-state index is 0.155. The monoisotopic (exact) mass is 298 g/mol. The van der Waals surface area contributed by atoms with E-state index in [0.717, 1.165) is 0 Å². The van der Waals surface area contributed by atoms with E-state index < -0.39 is 0 Å². The Morgan fingerprint density at radius 3 is 2.60 bits per heavy atom. The second-order valence-electron chi connectivity index (χ2n) is 4.06. The van der Waals surface area contributed by atoms with Crippen molar-refractivity contribution in [2.75, 3.05) is 25.5 Å². The van der Waals surface area contributed by atoms with Crippen molar-refractivity contribution in [2.24, 2.45) is 0 Å². The third kappa shape index (κ3) is 4.65. The Balaban J connectivity index is 2.68. The lowest BCUT2D eigenvalue weighted by Crippen LogP contribution is -2.32. The molecule has 0 saturated carbocycles. The Kier molecular flexibility index (Phi) is 6.17. The summed E-state index contributed by atoms with van der Waals surface area (Å²) < 4.78 is 4.56. The Labute approximate surface area is 121 Å². The summed E-state index contributed by atoms with van der Waals surface area (Å²) in [6.45, 7) is 4.08.